The number of carbonyl (C=O) groups is 3. The average molecular weight is 350 g/mol. The lowest BCUT2D eigenvalue weighted by molar-refractivity contribution is -0.151. The Hall–Kier alpha value is -1.88. The monoisotopic (exact) mass is 349 g/mol. The predicted octanol–water partition coefficient (Wildman–Crippen LogP) is 2.37. The largest absolute Gasteiger partial charge is 0.461 e. The number of ether oxygens (including phenoxy) is 1. The van der Waals surface area contributed by atoms with Crippen molar-refractivity contribution in [3.05, 3.63) is 35.9 Å². The summed E-state index contributed by atoms with van der Waals surface area (Å²) in [4.78, 5) is 38.1. The number of carbonyl (C=O) groups excluding carboxylic acids is 3. The quantitative estimate of drug-likeness (QED) is 0.618. The van der Waals surface area contributed by atoms with Gasteiger partial charge in [-0.1, -0.05) is 37.3 Å². The Kier molecular flexibility index (Phi) is 4.90. The van der Waals surface area contributed by atoms with Crippen LogP contribution in [0.3, 0.4) is 0 Å². The summed E-state index contributed by atoms with van der Waals surface area (Å²) in [6.45, 7) is 2.00. The summed E-state index contributed by atoms with van der Waals surface area (Å²) >= 11 is 5.62. The van der Waals surface area contributed by atoms with Gasteiger partial charge in [0, 0.05) is 17.9 Å². The molecular weight excluding hydrogens is 330 g/mol. The lowest BCUT2D eigenvalue weighted by Crippen LogP contribution is -2.40. The van der Waals surface area contributed by atoms with Crippen LogP contribution in [-0.4, -0.2) is 34.6 Å². The summed E-state index contributed by atoms with van der Waals surface area (Å²) < 4.78 is 5.45. The Bertz CT molecular complexity index is 648. The van der Waals surface area contributed by atoms with Crippen LogP contribution in [0.15, 0.2) is 30.3 Å². The highest BCUT2D eigenvalue weighted by molar-refractivity contribution is 6.28. The molecule has 5 nitrogen and oxygen atoms in total. The van der Waals surface area contributed by atoms with Crippen LogP contribution in [0.2, 0.25) is 0 Å². The smallest absolute Gasteiger partial charge is 0.309 e. The van der Waals surface area contributed by atoms with Gasteiger partial charge in [0.2, 0.25) is 11.8 Å². The van der Waals surface area contributed by atoms with Gasteiger partial charge in [0.1, 0.15) is 12.5 Å². The third kappa shape index (κ3) is 2.93. The second-order valence-corrected chi connectivity index (χ2v) is 6.71. The van der Waals surface area contributed by atoms with E-state index in [1.165, 1.54) is 4.90 Å². The van der Waals surface area contributed by atoms with Crippen molar-refractivity contribution in [3.8, 4) is 0 Å². The maximum atomic E-state index is 12.5. The van der Waals surface area contributed by atoms with E-state index in [0.29, 0.717) is 12.8 Å². The topological polar surface area (TPSA) is 63.7 Å². The number of likely N-dealkylation sites (tertiary alicyclic amines) is 1. The predicted molar refractivity (Wildman–Crippen MR) is 88.0 cm³/mol. The number of hydrogen-bond acceptors (Lipinski definition) is 4. The lowest BCUT2D eigenvalue weighted by Gasteiger charge is -2.21. The van der Waals surface area contributed by atoms with E-state index < -0.39 is 0 Å². The second-order valence-electron chi connectivity index (χ2n) is 6.45. The van der Waals surface area contributed by atoms with Crippen molar-refractivity contribution in [2.24, 2.45) is 17.8 Å². The van der Waals surface area contributed by atoms with E-state index in [0.717, 1.165) is 5.56 Å². The van der Waals surface area contributed by atoms with Gasteiger partial charge in [0.25, 0.3) is 0 Å². The molecule has 0 radical (unpaired) electrons. The molecule has 0 spiro atoms. The Balaban J connectivity index is 1.69. The Morgan fingerprint density at radius 1 is 1.25 bits per heavy atom. The molecule has 1 aromatic carbocycles. The molecule has 2 fully saturated rings. The number of esters is 1. The molecule has 1 aliphatic heterocycles. The Morgan fingerprint density at radius 3 is 2.62 bits per heavy atom. The third-order valence-corrected chi connectivity index (χ3v) is 5.36. The van der Waals surface area contributed by atoms with Crippen molar-refractivity contribution in [2.75, 3.05) is 5.88 Å². The molecule has 6 heteroatoms. The summed E-state index contributed by atoms with van der Waals surface area (Å²) in [5.41, 5.74) is 0.926. The molecular formula is C18H20ClNO4. The maximum Gasteiger partial charge on any atom is 0.309 e. The number of alkyl halides is 1. The standard InChI is InChI=1S/C18H20ClNO4/c1-11-16-13(18(23)24-10-12-5-3-2-4-6-12)7-8-14(16)20(17(11)22)15(21)9-19/h2-6,11,13-14,16H,7-10H2,1H3/t11-,13?,14-,16-/m0/s1. The zero-order valence-electron chi connectivity index (χ0n) is 13.5. The van der Waals surface area contributed by atoms with E-state index >= 15 is 0 Å². The summed E-state index contributed by atoms with van der Waals surface area (Å²) in [5, 5.41) is 0. The van der Waals surface area contributed by atoms with E-state index in [-0.39, 0.29) is 54.1 Å². The van der Waals surface area contributed by atoms with Crippen molar-refractivity contribution in [2.45, 2.75) is 32.4 Å². The first-order chi connectivity index (χ1) is 11.5. The summed E-state index contributed by atoms with van der Waals surface area (Å²) in [6, 6.07) is 9.25. The minimum absolute atomic E-state index is 0.173. The molecule has 2 amide bonds. The van der Waals surface area contributed by atoms with Gasteiger partial charge in [-0.3, -0.25) is 19.3 Å². The number of fused-ring (bicyclic) bond motifs is 1. The number of benzene rings is 1. The lowest BCUT2D eigenvalue weighted by atomic mass is 9.86. The number of halogens is 1. The van der Waals surface area contributed by atoms with Crippen LogP contribution in [0.25, 0.3) is 0 Å². The average Bonchev–Trinajstić information content (AvgIpc) is 3.13. The van der Waals surface area contributed by atoms with Crippen molar-refractivity contribution < 1.29 is 19.1 Å². The molecule has 1 aliphatic carbocycles. The molecule has 128 valence electrons. The van der Waals surface area contributed by atoms with E-state index in [1.54, 1.807) is 6.92 Å². The van der Waals surface area contributed by atoms with Gasteiger partial charge in [0.15, 0.2) is 0 Å². The van der Waals surface area contributed by atoms with Crippen LogP contribution < -0.4 is 0 Å². The number of hydrogen-bond donors (Lipinski definition) is 0. The molecule has 1 heterocycles. The third-order valence-electron chi connectivity index (χ3n) is 5.13. The van der Waals surface area contributed by atoms with Gasteiger partial charge in [-0.2, -0.15) is 0 Å². The van der Waals surface area contributed by atoms with Crippen LogP contribution in [-0.2, 0) is 25.7 Å². The van der Waals surface area contributed by atoms with Gasteiger partial charge >= 0.3 is 5.97 Å². The van der Waals surface area contributed by atoms with E-state index in [9.17, 15) is 14.4 Å². The molecule has 0 N–H and O–H groups in total. The van der Waals surface area contributed by atoms with E-state index in [4.69, 9.17) is 16.3 Å². The molecule has 1 saturated carbocycles. The number of amides is 2. The number of imide groups is 1. The molecule has 0 aromatic heterocycles. The molecule has 24 heavy (non-hydrogen) atoms. The fourth-order valence-corrected chi connectivity index (χ4v) is 4.15. The summed E-state index contributed by atoms with van der Waals surface area (Å²) in [6.07, 6.45) is 1.27. The fraction of sp³-hybridized carbons (Fsp3) is 0.500. The molecule has 1 unspecified atom stereocenters. The molecule has 1 aromatic rings. The number of nitrogens with zero attached hydrogens (tertiary/aromatic N) is 1. The first-order valence-corrected chi connectivity index (χ1v) is 8.70. The van der Waals surface area contributed by atoms with Crippen molar-refractivity contribution in [1.29, 1.82) is 0 Å². The minimum atomic E-state index is -0.376. The highest BCUT2D eigenvalue weighted by atomic mass is 35.5. The maximum absolute atomic E-state index is 12.5. The second kappa shape index (κ2) is 6.93. The Morgan fingerprint density at radius 2 is 1.96 bits per heavy atom. The van der Waals surface area contributed by atoms with Gasteiger partial charge in [-0.15, -0.1) is 11.6 Å². The summed E-state index contributed by atoms with van der Waals surface area (Å²) in [5.74, 6) is -1.98. The molecule has 3 rings (SSSR count). The van der Waals surface area contributed by atoms with Gasteiger partial charge in [0.05, 0.1) is 5.92 Å². The van der Waals surface area contributed by atoms with Crippen molar-refractivity contribution in [1.82, 2.24) is 4.90 Å². The Labute approximate surface area is 145 Å². The van der Waals surface area contributed by atoms with Crippen LogP contribution in [0.1, 0.15) is 25.3 Å². The minimum Gasteiger partial charge on any atom is -0.461 e. The number of rotatable bonds is 4. The summed E-state index contributed by atoms with van der Waals surface area (Å²) in [7, 11) is 0. The first kappa shape index (κ1) is 17.0. The SMILES string of the molecule is C[C@@H]1C(=O)N(C(=O)CCl)[C@H]2CCC(C(=O)OCc3ccccc3)[C@H]12. The zero-order chi connectivity index (χ0) is 17.3. The van der Waals surface area contributed by atoms with E-state index in [1.807, 2.05) is 30.3 Å². The molecule has 4 atom stereocenters. The molecule has 2 aliphatic rings. The van der Waals surface area contributed by atoms with E-state index in [2.05, 4.69) is 0 Å². The van der Waals surface area contributed by atoms with Crippen molar-refractivity contribution >= 4 is 29.4 Å². The highest BCUT2D eigenvalue weighted by Gasteiger charge is 2.56. The highest BCUT2D eigenvalue weighted by Crippen LogP contribution is 2.46. The molecule has 1 saturated heterocycles. The fourth-order valence-electron chi connectivity index (χ4n) is 4.02. The normalized spacial score (nSPS) is 28.8. The van der Waals surface area contributed by atoms with Crippen LogP contribution >= 0.6 is 11.6 Å². The van der Waals surface area contributed by atoms with Crippen molar-refractivity contribution in [3.63, 3.8) is 0 Å². The van der Waals surface area contributed by atoms with Gasteiger partial charge < -0.3 is 4.74 Å². The van der Waals surface area contributed by atoms with Gasteiger partial charge in [-0.05, 0) is 18.4 Å². The molecule has 0 bridgehead atoms. The van der Waals surface area contributed by atoms with Crippen LogP contribution in [0, 0.1) is 17.8 Å². The van der Waals surface area contributed by atoms with Gasteiger partial charge in [-0.25, -0.2) is 0 Å². The van der Waals surface area contributed by atoms with Crippen LogP contribution in [0.4, 0.5) is 0 Å². The van der Waals surface area contributed by atoms with Crippen LogP contribution in [0.5, 0.6) is 0 Å². The first-order valence-electron chi connectivity index (χ1n) is 8.17. The zero-order valence-corrected chi connectivity index (χ0v) is 14.2.